The zero-order valence-electron chi connectivity index (χ0n) is 16.5. The van der Waals surface area contributed by atoms with E-state index in [2.05, 4.69) is 4.99 Å². The molecule has 148 valence electrons. The number of ether oxygens (including phenoxy) is 3. The van der Waals surface area contributed by atoms with Crippen LogP contribution >= 0.6 is 11.8 Å². The highest BCUT2D eigenvalue weighted by molar-refractivity contribution is 8.14. The third-order valence-electron chi connectivity index (χ3n) is 4.29. The maximum atomic E-state index is 13.2. The summed E-state index contributed by atoms with van der Waals surface area (Å²) in [5.74, 6) is 2.62. The second kappa shape index (κ2) is 9.01. The van der Waals surface area contributed by atoms with E-state index in [1.54, 1.807) is 49.1 Å². The number of carbonyl (C=O) groups excluding carboxylic acids is 1. The van der Waals surface area contributed by atoms with Crippen LogP contribution in [-0.2, 0) is 0 Å². The number of nitrogens with zero attached hydrogens (tertiary/aromatic N) is 2. The van der Waals surface area contributed by atoms with Gasteiger partial charge in [0, 0.05) is 23.4 Å². The third-order valence-corrected chi connectivity index (χ3v) is 5.49. The normalized spacial score (nSPS) is 17.6. The number of methoxy groups -OCH3 is 2. The van der Waals surface area contributed by atoms with E-state index in [1.165, 1.54) is 0 Å². The summed E-state index contributed by atoms with van der Waals surface area (Å²) >= 11 is 1.57. The molecule has 1 atom stereocenters. The number of thioether (sulfide) groups is 1. The Morgan fingerprint density at radius 1 is 1.11 bits per heavy atom. The minimum atomic E-state index is -0.126. The number of hydrogen-bond acceptors (Lipinski definition) is 6. The lowest BCUT2D eigenvalue weighted by Gasteiger charge is -2.21. The lowest BCUT2D eigenvalue weighted by molar-refractivity contribution is 0.0828. The highest BCUT2D eigenvalue weighted by Crippen LogP contribution is 2.31. The number of hydrogen-bond donors (Lipinski definition) is 0. The maximum Gasteiger partial charge on any atom is 0.260 e. The van der Waals surface area contributed by atoms with E-state index >= 15 is 0 Å². The summed E-state index contributed by atoms with van der Waals surface area (Å²) in [5, 5.41) is 0.684. The molecule has 2 aromatic carbocycles. The molecule has 0 saturated carbocycles. The Labute approximate surface area is 169 Å². The molecule has 1 aliphatic heterocycles. The Hall–Kier alpha value is -2.67. The van der Waals surface area contributed by atoms with Crippen LogP contribution in [0.3, 0.4) is 0 Å². The molecule has 0 spiro atoms. The monoisotopic (exact) mass is 400 g/mol. The zero-order valence-corrected chi connectivity index (χ0v) is 17.3. The first kappa shape index (κ1) is 20.1. The highest BCUT2D eigenvalue weighted by atomic mass is 32.2. The van der Waals surface area contributed by atoms with Gasteiger partial charge in [-0.2, -0.15) is 0 Å². The van der Waals surface area contributed by atoms with E-state index in [-0.39, 0.29) is 11.9 Å². The first-order valence-corrected chi connectivity index (χ1v) is 10.0. The molecule has 3 rings (SSSR count). The Morgan fingerprint density at radius 2 is 1.75 bits per heavy atom. The smallest absolute Gasteiger partial charge is 0.260 e. The molecule has 6 nitrogen and oxygen atoms in total. The van der Waals surface area contributed by atoms with Gasteiger partial charge in [0.2, 0.25) is 0 Å². The topological polar surface area (TPSA) is 60.4 Å². The second-order valence-corrected chi connectivity index (χ2v) is 7.24. The van der Waals surface area contributed by atoms with Crippen molar-refractivity contribution in [3.63, 3.8) is 0 Å². The van der Waals surface area contributed by atoms with Crippen LogP contribution in [-0.4, -0.2) is 48.6 Å². The summed E-state index contributed by atoms with van der Waals surface area (Å²) in [6.07, 6.45) is 0. The molecular formula is C21H24N2O4S. The summed E-state index contributed by atoms with van der Waals surface area (Å²) in [6, 6.07) is 12.8. The van der Waals surface area contributed by atoms with Crippen molar-refractivity contribution in [3.05, 3.63) is 48.0 Å². The van der Waals surface area contributed by atoms with Crippen LogP contribution in [0.5, 0.6) is 17.2 Å². The van der Waals surface area contributed by atoms with Crippen molar-refractivity contribution < 1.29 is 19.0 Å². The molecule has 1 saturated heterocycles. The maximum absolute atomic E-state index is 13.2. The number of amidine groups is 1. The summed E-state index contributed by atoms with van der Waals surface area (Å²) in [4.78, 5) is 19.7. The molecule has 0 N–H and O–H groups in total. The molecule has 0 bridgehead atoms. The Morgan fingerprint density at radius 3 is 2.32 bits per heavy atom. The van der Waals surface area contributed by atoms with Crippen LogP contribution in [0, 0.1) is 0 Å². The summed E-state index contributed by atoms with van der Waals surface area (Å²) in [5.41, 5.74) is 1.28. The molecule has 1 amide bonds. The summed E-state index contributed by atoms with van der Waals surface area (Å²) < 4.78 is 16.1. The summed E-state index contributed by atoms with van der Waals surface area (Å²) in [7, 11) is 3.13. The average Bonchev–Trinajstić information content (AvgIpc) is 3.08. The zero-order chi connectivity index (χ0) is 20.1. The van der Waals surface area contributed by atoms with Crippen molar-refractivity contribution in [2.45, 2.75) is 19.9 Å². The Bertz CT molecular complexity index is 845. The number of carbonyl (C=O) groups is 1. The third kappa shape index (κ3) is 4.42. The van der Waals surface area contributed by atoms with Crippen molar-refractivity contribution in [1.29, 1.82) is 0 Å². The second-order valence-electron chi connectivity index (χ2n) is 6.26. The standard InChI is InChI=1S/C21H24N2O4S/c1-5-27-17-8-6-16(7-9-17)22-21-23(14(2)13-28-21)20(24)15-10-18(25-3)12-19(11-15)26-4/h6-12,14H,5,13H2,1-4H3/t14-/m0/s1. The van der Waals surface area contributed by atoms with Crippen LogP contribution in [0.15, 0.2) is 47.5 Å². The van der Waals surface area contributed by atoms with Gasteiger partial charge in [-0.25, -0.2) is 4.99 Å². The van der Waals surface area contributed by atoms with Crippen molar-refractivity contribution >= 4 is 28.5 Å². The number of rotatable bonds is 6. The van der Waals surface area contributed by atoms with E-state index in [0.717, 1.165) is 17.2 Å². The first-order valence-electron chi connectivity index (χ1n) is 9.06. The molecule has 28 heavy (non-hydrogen) atoms. The molecule has 0 aromatic heterocycles. The van der Waals surface area contributed by atoms with Gasteiger partial charge < -0.3 is 14.2 Å². The predicted molar refractivity (Wildman–Crippen MR) is 112 cm³/mol. The van der Waals surface area contributed by atoms with E-state index in [9.17, 15) is 4.79 Å². The van der Waals surface area contributed by atoms with Crippen molar-refractivity contribution in [2.75, 3.05) is 26.6 Å². The molecular weight excluding hydrogens is 376 g/mol. The van der Waals surface area contributed by atoms with Crippen LogP contribution in [0.1, 0.15) is 24.2 Å². The van der Waals surface area contributed by atoms with Crippen LogP contribution in [0.25, 0.3) is 0 Å². The molecule has 1 aliphatic rings. The van der Waals surface area contributed by atoms with Crippen molar-refractivity contribution in [2.24, 2.45) is 4.99 Å². The lowest BCUT2D eigenvalue weighted by atomic mass is 10.1. The summed E-state index contributed by atoms with van der Waals surface area (Å²) in [6.45, 7) is 4.58. The molecule has 1 fully saturated rings. The van der Waals surface area contributed by atoms with E-state index < -0.39 is 0 Å². The number of amides is 1. The SMILES string of the molecule is CCOc1ccc(N=C2SC[C@H](C)N2C(=O)c2cc(OC)cc(OC)c2)cc1. The van der Waals surface area contributed by atoms with Gasteiger partial charge in [-0.15, -0.1) is 0 Å². The van der Waals surface area contributed by atoms with Gasteiger partial charge in [0.05, 0.1) is 26.5 Å². The van der Waals surface area contributed by atoms with Gasteiger partial charge in [-0.1, -0.05) is 11.8 Å². The van der Waals surface area contributed by atoms with E-state index in [0.29, 0.717) is 28.8 Å². The van der Waals surface area contributed by atoms with Gasteiger partial charge >= 0.3 is 0 Å². The molecule has 0 radical (unpaired) electrons. The molecule has 1 heterocycles. The lowest BCUT2D eigenvalue weighted by Crippen LogP contribution is -2.37. The van der Waals surface area contributed by atoms with Gasteiger partial charge in [-0.05, 0) is 50.2 Å². The minimum Gasteiger partial charge on any atom is -0.497 e. The largest absolute Gasteiger partial charge is 0.497 e. The fourth-order valence-electron chi connectivity index (χ4n) is 2.86. The fourth-order valence-corrected chi connectivity index (χ4v) is 3.98. The highest BCUT2D eigenvalue weighted by Gasteiger charge is 2.33. The average molecular weight is 401 g/mol. The molecule has 7 heteroatoms. The van der Waals surface area contributed by atoms with Crippen LogP contribution in [0.2, 0.25) is 0 Å². The van der Waals surface area contributed by atoms with Crippen molar-refractivity contribution in [3.8, 4) is 17.2 Å². The number of aliphatic imine (C=N–C) groups is 1. The van der Waals surface area contributed by atoms with Gasteiger partial charge in [-0.3, -0.25) is 9.69 Å². The van der Waals surface area contributed by atoms with Crippen LogP contribution < -0.4 is 14.2 Å². The van der Waals surface area contributed by atoms with Crippen LogP contribution in [0.4, 0.5) is 5.69 Å². The van der Waals surface area contributed by atoms with E-state index in [1.807, 2.05) is 38.1 Å². The minimum absolute atomic E-state index is 0.0381. The first-order chi connectivity index (χ1) is 13.5. The number of benzene rings is 2. The molecule has 0 unspecified atom stereocenters. The Balaban J connectivity index is 1.89. The van der Waals surface area contributed by atoms with Crippen molar-refractivity contribution in [1.82, 2.24) is 4.90 Å². The fraction of sp³-hybridized carbons (Fsp3) is 0.333. The van der Waals surface area contributed by atoms with Gasteiger partial charge in [0.25, 0.3) is 5.91 Å². The quantitative estimate of drug-likeness (QED) is 0.721. The predicted octanol–water partition coefficient (Wildman–Crippen LogP) is 4.37. The van der Waals surface area contributed by atoms with Gasteiger partial charge in [0.15, 0.2) is 5.17 Å². The van der Waals surface area contributed by atoms with E-state index in [4.69, 9.17) is 14.2 Å². The van der Waals surface area contributed by atoms with Gasteiger partial charge in [0.1, 0.15) is 17.2 Å². The Kier molecular flexibility index (Phi) is 6.46. The molecule has 0 aliphatic carbocycles. The molecule has 2 aromatic rings.